The maximum absolute atomic E-state index is 14.3. The molecular formula is C21H13FN3O4S-. The highest BCUT2D eigenvalue weighted by Gasteiger charge is 2.35. The number of nitrogens with zero attached hydrogens (tertiary/aromatic N) is 2. The van der Waals surface area contributed by atoms with Gasteiger partial charge in [0.25, 0.3) is 11.8 Å². The molecule has 1 saturated heterocycles. The van der Waals surface area contributed by atoms with Crippen LogP contribution in [0.4, 0.5) is 10.1 Å². The average molecular weight is 422 g/mol. The molecule has 1 N–H and O–H groups in total. The quantitative estimate of drug-likeness (QED) is 0.389. The number of aromatic nitrogens is 1. The number of amides is 2. The van der Waals surface area contributed by atoms with Crippen LogP contribution in [0, 0.1) is 5.82 Å². The number of nitrogens with one attached hydrogen (secondary N) is 1. The largest absolute Gasteiger partial charge is 0.548 e. The third-order valence-electron chi connectivity index (χ3n) is 4.61. The van der Waals surface area contributed by atoms with E-state index in [9.17, 15) is 23.9 Å². The van der Waals surface area contributed by atoms with Gasteiger partial charge in [0, 0.05) is 22.7 Å². The van der Waals surface area contributed by atoms with E-state index in [2.05, 4.69) is 5.32 Å². The van der Waals surface area contributed by atoms with Crippen molar-refractivity contribution in [2.75, 3.05) is 4.90 Å². The summed E-state index contributed by atoms with van der Waals surface area (Å²) >= 11 is 5.07. The average Bonchev–Trinajstić information content (AvgIpc) is 3.03. The van der Waals surface area contributed by atoms with E-state index in [4.69, 9.17) is 12.2 Å². The molecule has 1 aromatic heterocycles. The maximum atomic E-state index is 14.3. The molecule has 2 amide bonds. The molecule has 7 nitrogen and oxygen atoms in total. The number of hydrogen-bond acceptors (Lipinski definition) is 5. The van der Waals surface area contributed by atoms with Crippen LogP contribution in [0.15, 0.2) is 60.3 Å². The lowest BCUT2D eigenvalue weighted by molar-refractivity contribution is -0.306. The molecule has 0 saturated carbocycles. The summed E-state index contributed by atoms with van der Waals surface area (Å²) in [6.45, 7) is -0.394. The molecule has 0 unspecified atom stereocenters. The number of benzene rings is 2. The molecule has 2 heterocycles. The SMILES string of the molecule is O=C([O-])Cn1cc(/C=C2/C(=O)NC(=S)N(c3ccccc3F)C2=O)c2ccccc21. The van der Waals surface area contributed by atoms with Crippen LogP contribution in [0.5, 0.6) is 0 Å². The molecule has 1 fully saturated rings. The van der Waals surface area contributed by atoms with Crippen molar-refractivity contribution in [1.82, 2.24) is 9.88 Å². The molecule has 9 heteroatoms. The number of halogens is 1. The van der Waals surface area contributed by atoms with E-state index in [0.717, 1.165) is 4.90 Å². The number of fused-ring (bicyclic) bond motifs is 1. The number of aliphatic carboxylic acids is 1. The van der Waals surface area contributed by atoms with Crippen LogP contribution < -0.4 is 15.3 Å². The van der Waals surface area contributed by atoms with E-state index in [1.807, 2.05) is 0 Å². The first-order chi connectivity index (χ1) is 14.4. The van der Waals surface area contributed by atoms with Gasteiger partial charge in [-0.1, -0.05) is 30.3 Å². The summed E-state index contributed by atoms with van der Waals surface area (Å²) in [5.74, 6) is -3.47. The zero-order chi connectivity index (χ0) is 21.4. The zero-order valence-electron chi connectivity index (χ0n) is 15.3. The van der Waals surface area contributed by atoms with E-state index in [1.54, 1.807) is 30.3 Å². The van der Waals surface area contributed by atoms with Gasteiger partial charge in [0.05, 0.1) is 18.2 Å². The lowest BCUT2D eigenvalue weighted by Crippen LogP contribution is -2.54. The van der Waals surface area contributed by atoms with Crippen molar-refractivity contribution in [2.24, 2.45) is 0 Å². The second kappa shape index (κ2) is 7.53. The molecule has 1 aliphatic rings. The lowest BCUT2D eigenvalue weighted by Gasteiger charge is -2.29. The number of rotatable bonds is 4. The Balaban J connectivity index is 1.82. The molecule has 0 spiro atoms. The van der Waals surface area contributed by atoms with Gasteiger partial charge in [-0.15, -0.1) is 0 Å². The number of anilines is 1. The van der Waals surface area contributed by atoms with Gasteiger partial charge < -0.3 is 14.5 Å². The normalized spacial score (nSPS) is 15.7. The fraction of sp³-hybridized carbons (Fsp3) is 0.0476. The summed E-state index contributed by atoms with van der Waals surface area (Å²) in [6, 6.07) is 12.5. The highest BCUT2D eigenvalue weighted by molar-refractivity contribution is 7.80. The number of carbonyl (C=O) groups is 3. The Hall–Kier alpha value is -3.85. The fourth-order valence-corrected chi connectivity index (χ4v) is 3.60. The molecule has 4 rings (SSSR count). The van der Waals surface area contributed by atoms with Gasteiger partial charge in [-0.2, -0.15) is 0 Å². The van der Waals surface area contributed by atoms with Gasteiger partial charge in [0.2, 0.25) is 0 Å². The summed E-state index contributed by atoms with van der Waals surface area (Å²) < 4.78 is 15.7. The summed E-state index contributed by atoms with van der Waals surface area (Å²) in [5, 5.41) is 13.9. The predicted octanol–water partition coefficient (Wildman–Crippen LogP) is 1.36. The van der Waals surface area contributed by atoms with Crippen molar-refractivity contribution in [3.63, 3.8) is 0 Å². The van der Waals surface area contributed by atoms with Crippen LogP contribution in [-0.4, -0.2) is 27.5 Å². The topological polar surface area (TPSA) is 94.5 Å². The van der Waals surface area contributed by atoms with E-state index in [1.165, 1.54) is 35.0 Å². The monoisotopic (exact) mass is 422 g/mol. The third kappa shape index (κ3) is 3.35. The summed E-state index contributed by atoms with van der Waals surface area (Å²) in [4.78, 5) is 37.5. The maximum Gasteiger partial charge on any atom is 0.270 e. The van der Waals surface area contributed by atoms with Crippen molar-refractivity contribution in [3.05, 3.63) is 71.7 Å². The second-order valence-corrected chi connectivity index (χ2v) is 6.90. The van der Waals surface area contributed by atoms with Gasteiger partial charge in [-0.25, -0.2) is 9.29 Å². The Morgan fingerprint density at radius 3 is 2.57 bits per heavy atom. The Morgan fingerprint density at radius 2 is 1.83 bits per heavy atom. The van der Waals surface area contributed by atoms with Crippen LogP contribution in [0.2, 0.25) is 0 Å². The zero-order valence-corrected chi connectivity index (χ0v) is 16.1. The fourth-order valence-electron chi connectivity index (χ4n) is 3.32. The van der Waals surface area contributed by atoms with Crippen LogP contribution >= 0.6 is 12.2 Å². The Bertz CT molecular complexity index is 1260. The van der Waals surface area contributed by atoms with Gasteiger partial charge >= 0.3 is 0 Å². The van der Waals surface area contributed by atoms with Gasteiger partial charge in [0.1, 0.15) is 11.4 Å². The molecule has 0 atom stereocenters. The van der Waals surface area contributed by atoms with Gasteiger partial charge in [-0.05, 0) is 36.5 Å². The minimum Gasteiger partial charge on any atom is -0.548 e. The number of carboxylic acid groups (broad SMARTS) is 1. The summed E-state index contributed by atoms with van der Waals surface area (Å²) in [6.07, 6.45) is 2.84. The number of carboxylic acids is 1. The molecule has 1 aliphatic heterocycles. The number of carbonyl (C=O) groups excluding carboxylic acids is 3. The van der Waals surface area contributed by atoms with Crippen LogP contribution in [-0.2, 0) is 20.9 Å². The summed E-state index contributed by atoms with van der Waals surface area (Å²) in [7, 11) is 0. The van der Waals surface area contributed by atoms with Crippen molar-refractivity contribution < 1.29 is 23.9 Å². The molecule has 30 heavy (non-hydrogen) atoms. The second-order valence-electron chi connectivity index (χ2n) is 6.51. The number of para-hydroxylation sites is 2. The smallest absolute Gasteiger partial charge is 0.270 e. The molecular weight excluding hydrogens is 409 g/mol. The lowest BCUT2D eigenvalue weighted by atomic mass is 10.1. The molecule has 0 bridgehead atoms. The Labute approximate surface area is 175 Å². The minimum absolute atomic E-state index is 0.0854. The van der Waals surface area contributed by atoms with Crippen molar-refractivity contribution in [1.29, 1.82) is 0 Å². The highest BCUT2D eigenvalue weighted by atomic mass is 32.1. The Morgan fingerprint density at radius 1 is 1.13 bits per heavy atom. The number of thiocarbonyl (C=S) groups is 1. The molecule has 3 aromatic rings. The van der Waals surface area contributed by atoms with Gasteiger partial charge in [0.15, 0.2) is 5.11 Å². The van der Waals surface area contributed by atoms with E-state index in [-0.39, 0.29) is 16.4 Å². The first-order valence-electron chi connectivity index (χ1n) is 8.80. The molecule has 2 aromatic carbocycles. The van der Waals surface area contributed by atoms with E-state index < -0.39 is 30.1 Å². The third-order valence-corrected chi connectivity index (χ3v) is 4.90. The predicted molar refractivity (Wildman–Crippen MR) is 110 cm³/mol. The van der Waals surface area contributed by atoms with E-state index >= 15 is 0 Å². The first-order valence-corrected chi connectivity index (χ1v) is 9.21. The van der Waals surface area contributed by atoms with Gasteiger partial charge in [-0.3, -0.25) is 14.9 Å². The van der Waals surface area contributed by atoms with Crippen LogP contribution in [0.3, 0.4) is 0 Å². The molecule has 150 valence electrons. The van der Waals surface area contributed by atoms with E-state index in [0.29, 0.717) is 16.5 Å². The van der Waals surface area contributed by atoms with Crippen molar-refractivity contribution in [2.45, 2.75) is 6.54 Å². The van der Waals surface area contributed by atoms with Crippen molar-refractivity contribution >= 4 is 57.8 Å². The highest BCUT2D eigenvalue weighted by Crippen LogP contribution is 2.27. The van der Waals surface area contributed by atoms with Crippen LogP contribution in [0.25, 0.3) is 17.0 Å². The summed E-state index contributed by atoms with van der Waals surface area (Å²) in [5.41, 5.74) is 0.700. The van der Waals surface area contributed by atoms with Crippen LogP contribution in [0.1, 0.15) is 5.56 Å². The Kier molecular flexibility index (Phi) is 4.88. The molecule has 0 radical (unpaired) electrons. The standard InChI is InChI=1S/C21H14FN3O4S/c22-15-6-2-4-8-17(15)25-20(29)14(19(28)23-21(25)30)9-12-10-24(11-18(26)27)16-7-3-1-5-13(12)16/h1-10H,11H2,(H,26,27)(H,23,28,30)/p-1/b14-9-. The van der Waals surface area contributed by atoms with Crippen molar-refractivity contribution in [3.8, 4) is 0 Å². The molecule has 0 aliphatic carbocycles. The minimum atomic E-state index is -1.28. The number of hydrogen-bond donors (Lipinski definition) is 1. The first kappa shape index (κ1) is 19.5.